The first kappa shape index (κ1) is 27.1. The van der Waals surface area contributed by atoms with Crippen LogP contribution >= 0.6 is 0 Å². The van der Waals surface area contributed by atoms with Crippen LogP contribution in [0.15, 0.2) is 24.3 Å². The van der Waals surface area contributed by atoms with Gasteiger partial charge >= 0.3 is 26.2 Å². The van der Waals surface area contributed by atoms with Crippen LogP contribution in [0.2, 0.25) is 0 Å². The molecule has 0 aliphatic heterocycles. The van der Waals surface area contributed by atoms with Crippen molar-refractivity contribution >= 4 is 10.8 Å². The van der Waals surface area contributed by atoms with Gasteiger partial charge in [0.2, 0.25) is 0 Å². The summed E-state index contributed by atoms with van der Waals surface area (Å²) in [6.45, 7) is 17.6. The maximum absolute atomic E-state index is 2.26. The molecule has 0 N–H and O–H groups in total. The zero-order valence-electron chi connectivity index (χ0n) is 17.3. The van der Waals surface area contributed by atoms with E-state index in [4.69, 9.17) is 0 Å². The van der Waals surface area contributed by atoms with Gasteiger partial charge in [0.25, 0.3) is 0 Å². The summed E-state index contributed by atoms with van der Waals surface area (Å²) in [6, 6.07) is 8.91. The summed E-state index contributed by atoms with van der Waals surface area (Å²) >= 11 is 0. The molecule has 0 amide bonds. The molecule has 0 aromatic heterocycles. The fourth-order valence-corrected chi connectivity index (χ4v) is 3.56. The monoisotopic (exact) mass is 434 g/mol. The van der Waals surface area contributed by atoms with E-state index in [-0.39, 0.29) is 35.6 Å². The second-order valence-corrected chi connectivity index (χ2v) is 6.89. The number of halogens is 2. The van der Waals surface area contributed by atoms with Crippen molar-refractivity contribution in [3.63, 3.8) is 0 Å². The van der Waals surface area contributed by atoms with Crippen molar-refractivity contribution in [3.8, 4) is 0 Å². The van der Waals surface area contributed by atoms with E-state index in [1.54, 1.807) is 5.56 Å². The Kier molecular flexibility index (Phi) is 11.4. The topological polar surface area (TPSA) is 0 Å². The van der Waals surface area contributed by atoms with Crippen molar-refractivity contribution < 1.29 is 35.6 Å². The molecule has 3 aromatic rings. The number of hydrogen-bond donors (Lipinski definition) is 0. The minimum atomic E-state index is 0. The van der Waals surface area contributed by atoms with Crippen LogP contribution in [0.3, 0.4) is 0 Å². The van der Waals surface area contributed by atoms with Crippen molar-refractivity contribution in [1.82, 2.24) is 0 Å². The van der Waals surface area contributed by atoms with E-state index in [0.717, 1.165) is 0 Å². The first-order chi connectivity index (χ1) is 10.8. The molecular formula is C23H30F2Zr. The van der Waals surface area contributed by atoms with Gasteiger partial charge in [-0.05, 0) is 6.92 Å². The molecule has 0 spiro atoms. The van der Waals surface area contributed by atoms with Gasteiger partial charge in [0.1, 0.15) is 0 Å². The molecule has 3 aromatic carbocycles. The Morgan fingerprint density at radius 1 is 0.808 bits per heavy atom. The molecule has 0 saturated carbocycles. The van der Waals surface area contributed by atoms with Gasteiger partial charge in [-0.3, -0.25) is 0 Å². The number of hydrogen-bond acceptors (Lipinski definition) is 0. The fraction of sp³-hybridized carbons (Fsp3) is 0.391. The molecule has 0 heterocycles. The van der Waals surface area contributed by atoms with Gasteiger partial charge in [-0.25, -0.2) is 0 Å². The maximum atomic E-state index is 2.26. The third kappa shape index (κ3) is 5.22. The second kappa shape index (κ2) is 10.9. The number of benzene rings is 1. The predicted octanol–water partition coefficient (Wildman–Crippen LogP) is 0.691. The Bertz CT molecular complexity index is 773. The summed E-state index contributed by atoms with van der Waals surface area (Å²) in [7, 11) is 0. The summed E-state index contributed by atoms with van der Waals surface area (Å²) in [5.41, 5.74) is 11.7. The molecule has 0 unspecified atom stereocenters. The van der Waals surface area contributed by atoms with Crippen molar-refractivity contribution in [3.05, 3.63) is 68.8 Å². The normalized spacial score (nSPS) is 9.54. The molecule has 0 radical (unpaired) electrons. The molecule has 0 aliphatic carbocycles. The van der Waals surface area contributed by atoms with Crippen LogP contribution in [0, 0.1) is 48.5 Å². The number of aryl methyl sites for hydroxylation is 3. The summed E-state index contributed by atoms with van der Waals surface area (Å²) in [5, 5.41) is 2.82. The van der Waals surface area contributed by atoms with Crippen LogP contribution in [0.1, 0.15) is 51.4 Å². The quantitative estimate of drug-likeness (QED) is 0.494. The summed E-state index contributed by atoms with van der Waals surface area (Å²) in [5.74, 6) is 0. The second-order valence-electron chi connectivity index (χ2n) is 6.89. The van der Waals surface area contributed by atoms with Crippen LogP contribution in [0.4, 0.5) is 0 Å². The van der Waals surface area contributed by atoms with Crippen LogP contribution in [-0.2, 0) is 32.6 Å². The minimum Gasteiger partial charge on any atom is -1.00 e. The predicted molar refractivity (Wildman–Crippen MR) is 104 cm³/mol. The van der Waals surface area contributed by atoms with Gasteiger partial charge in [-0.2, -0.15) is 33.9 Å². The Hall–Kier alpha value is -1.08. The number of fused-ring (bicyclic) bond motifs is 1. The van der Waals surface area contributed by atoms with E-state index >= 15 is 0 Å². The molecule has 140 valence electrons. The zero-order valence-corrected chi connectivity index (χ0v) is 19.7. The SMILES string of the molecule is CC[c-]1c(C)c(C)c(C)c1C.Cc1cc2c(C)ccc(C)c2[cH-]1.[F-].[F-].[Zr+4]. The summed E-state index contributed by atoms with van der Waals surface area (Å²) < 4.78 is 0. The molecule has 0 fully saturated rings. The summed E-state index contributed by atoms with van der Waals surface area (Å²) in [4.78, 5) is 0. The Balaban J connectivity index is 0. The third-order valence-corrected chi connectivity index (χ3v) is 5.41. The first-order valence-corrected chi connectivity index (χ1v) is 8.63. The van der Waals surface area contributed by atoms with Gasteiger partial charge in [0.15, 0.2) is 0 Å². The zero-order chi connectivity index (χ0) is 17.3. The van der Waals surface area contributed by atoms with E-state index in [2.05, 4.69) is 79.7 Å². The molecule has 0 saturated heterocycles. The van der Waals surface area contributed by atoms with E-state index in [1.165, 1.54) is 56.1 Å². The average molecular weight is 436 g/mol. The van der Waals surface area contributed by atoms with Gasteiger partial charge in [-0.15, -0.1) is 34.0 Å². The minimum absolute atomic E-state index is 0. The van der Waals surface area contributed by atoms with Crippen LogP contribution in [0.5, 0.6) is 0 Å². The van der Waals surface area contributed by atoms with E-state index < -0.39 is 0 Å². The number of rotatable bonds is 1. The molecule has 3 heteroatoms. The van der Waals surface area contributed by atoms with Crippen molar-refractivity contribution in [2.75, 3.05) is 0 Å². The van der Waals surface area contributed by atoms with Gasteiger partial charge in [0, 0.05) is 0 Å². The molecule has 0 atom stereocenters. The molecular weight excluding hydrogens is 405 g/mol. The fourth-order valence-electron chi connectivity index (χ4n) is 3.56. The molecule has 26 heavy (non-hydrogen) atoms. The van der Waals surface area contributed by atoms with E-state index in [9.17, 15) is 0 Å². The maximum Gasteiger partial charge on any atom is 4.00 e. The van der Waals surface area contributed by atoms with Gasteiger partial charge < -0.3 is 9.41 Å². The third-order valence-electron chi connectivity index (χ3n) is 5.41. The van der Waals surface area contributed by atoms with E-state index in [0.29, 0.717) is 0 Å². The summed E-state index contributed by atoms with van der Waals surface area (Å²) in [6.07, 6.45) is 1.17. The standard InChI is InChI=1S/C12H13.C11H17.2FH.Zr/c1-8-6-11-9(2)4-5-10(3)12(11)7-8;1-6-11-9(4)7(2)8(3)10(11)5;;;/h4-7H,1-3H3;6H2,1-5H3;2*1H;/q2*-1;;;+4/p-2. The van der Waals surface area contributed by atoms with Gasteiger partial charge in [-0.1, -0.05) is 66.5 Å². The first-order valence-electron chi connectivity index (χ1n) is 8.63. The average Bonchev–Trinajstić information content (AvgIpc) is 3.00. The Morgan fingerprint density at radius 3 is 1.65 bits per heavy atom. The molecule has 0 bridgehead atoms. The molecule has 0 nitrogen and oxygen atoms in total. The van der Waals surface area contributed by atoms with Crippen molar-refractivity contribution in [1.29, 1.82) is 0 Å². The largest absolute Gasteiger partial charge is 4.00 e. The van der Waals surface area contributed by atoms with Crippen LogP contribution < -0.4 is 9.41 Å². The Morgan fingerprint density at radius 2 is 1.27 bits per heavy atom. The molecule has 3 rings (SSSR count). The smallest absolute Gasteiger partial charge is 1.00 e. The van der Waals surface area contributed by atoms with E-state index in [1.807, 2.05) is 0 Å². The van der Waals surface area contributed by atoms with Crippen molar-refractivity contribution in [2.45, 2.75) is 61.8 Å². The van der Waals surface area contributed by atoms with Crippen LogP contribution in [-0.4, -0.2) is 0 Å². The molecule has 0 aliphatic rings. The van der Waals surface area contributed by atoms with Crippen LogP contribution in [0.25, 0.3) is 10.8 Å². The van der Waals surface area contributed by atoms with Gasteiger partial charge in [0.05, 0.1) is 0 Å². The van der Waals surface area contributed by atoms with Crippen molar-refractivity contribution in [2.24, 2.45) is 0 Å². The Labute approximate surface area is 176 Å².